The Balaban J connectivity index is 2.77. The Labute approximate surface area is 148 Å². The molecule has 1 rings (SSSR count). The highest BCUT2D eigenvalue weighted by atomic mass is 16.6. The first kappa shape index (κ1) is 21.1. The summed E-state index contributed by atoms with van der Waals surface area (Å²) in [6.07, 6.45) is -0.649. The van der Waals surface area contributed by atoms with E-state index in [0.717, 1.165) is 5.56 Å². The van der Waals surface area contributed by atoms with E-state index >= 15 is 0 Å². The van der Waals surface area contributed by atoms with E-state index in [4.69, 9.17) is 25.1 Å². The number of carboxylic acids is 1. The van der Waals surface area contributed by atoms with E-state index < -0.39 is 36.2 Å². The Morgan fingerprint density at radius 1 is 1.20 bits per heavy atom. The van der Waals surface area contributed by atoms with E-state index in [1.54, 1.807) is 20.8 Å². The van der Waals surface area contributed by atoms with E-state index in [2.05, 4.69) is 0 Å². The molecule has 0 fully saturated rings. The van der Waals surface area contributed by atoms with Gasteiger partial charge >= 0.3 is 11.9 Å². The number of carboxylic acid groups (broad SMARTS) is 1. The largest absolute Gasteiger partial charge is 0.480 e. The Hall–Kier alpha value is -1.96. The van der Waals surface area contributed by atoms with Crippen LogP contribution < -0.4 is 5.73 Å². The van der Waals surface area contributed by atoms with Crippen molar-refractivity contribution >= 4 is 11.9 Å². The highest BCUT2D eigenvalue weighted by molar-refractivity contribution is 5.74. The fourth-order valence-electron chi connectivity index (χ4n) is 2.10. The van der Waals surface area contributed by atoms with Crippen LogP contribution in [0.1, 0.15) is 26.3 Å². The molecule has 7 nitrogen and oxygen atoms in total. The van der Waals surface area contributed by atoms with Crippen molar-refractivity contribution in [1.29, 1.82) is 0 Å². The van der Waals surface area contributed by atoms with Crippen LogP contribution in [-0.4, -0.2) is 48.5 Å². The van der Waals surface area contributed by atoms with Crippen molar-refractivity contribution < 1.29 is 28.9 Å². The summed E-state index contributed by atoms with van der Waals surface area (Å²) in [6.45, 7) is 4.97. The minimum atomic E-state index is -1.11. The molecule has 140 valence electrons. The van der Waals surface area contributed by atoms with Crippen LogP contribution in [0.2, 0.25) is 0 Å². The number of carbonyl (C=O) groups excluding carboxylic acids is 1. The predicted molar refractivity (Wildman–Crippen MR) is 91.9 cm³/mol. The molecule has 0 bridgehead atoms. The highest BCUT2D eigenvalue weighted by Gasteiger charge is 2.33. The van der Waals surface area contributed by atoms with Crippen LogP contribution in [0, 0.1) is 5.92 Å². The number of nitrogens with two attached hydrogens (primary N) is 1. The first-order chi connectivity index (χ1) is 11.7. The second-order valence-corrected chi connectivity index (χ2v) is 6.62. The summed E-state index contributed by atoms with van der Waals surface area (Å²) < 4.78 is 16.3. The molecule has 1 aromatic rings. The maximum Gasteiger partial charge on any atom is 0.329 e. The number of hydrogen-bond acceptors (Lipinski definition) is 6. The topological polar surface area (TPSA) is 108 Å². The van der Waals surface area contributed by atoms with Crippen LogP contribution in [0.25, 0.3) is 0 Å². The van der Waals surface area contributed by atoms with E-state index in [0.29, 0.717) is 0 Å². The zero-order valence-electron chi connectivity index (χ0n) is 14.9. The number of benzene rings is 1. The Morgan fingerprint density at radius 3 is 2.36 bits per heavy atom. The molecule has 0 saturated heterocycles. The van der Waals surface area contributed by atoms with E-state index in [1.165, 1.54) is 0 Å². The Morgan fingerprint density at radius 2 is 1.84 bits per heavy atom. The summed E-state index contributed by atoms with van der Waals surface area (Å²) in [4.78, 5) is 23.1. The molecular formula is C18H27NO6. The average Bonchev–Trinajstić information content (AvgIpc) is 2.52. The molecule has 3 N–H and O–H groups in total. The van der Waals surface area contributed by atoms with Crippen molar-refractivity contribution in [2.24, 2.45) is 11.7 Å². The second kappa shape index (κ2) is 10.1. The van der Waals surface area contributed by atoms with E-state index in [1.807, 2.05) is 30.3 Å². The van der Waals surface area contributed by atoms with Gasteiger partial charge in [0.15, 0.2) is 0 Å². The first-order valence-electron chi connectivity index (χ1n) is 8.11. The first-order valence-corrected chi connectivity index (χ1v) is 8.11. The lowest BCUT2D eigenvalue weighted by molar-refractivity contribution is -0.170. The zero-order valence-corrected chi connectivity index (χ0v) is 14.9. The summed E-state index contributed by atoms with van der Waals surface area (Å²) >= 11 is 0. The molecule has 0 saturated carbocycles. The molecule has 0 unspecified atom stereocenters. The van der Waals surface area contributed by atoms with Gasteiger partial charge in [-0.05, 0) is 26.3 Å². The number of rotatable bonds is 10. The maximum atomic E-state index is 12.5. The number of aliphatic carboxylic acids is 1. The number of hydrogen-bond donors (Lipinski definition) is 2. The third kappa shape index (κ3) is 8.62. The molecular weight excluding hydrogens is 326 g/mol. The smallest absolute Gasteiger partial charge is 0.329 e. The van der Waals surface area contributed by atoms with Gasteiger partial charge in [-0.3, -0.25) is 4.79 Å². The van der Waals surface area contributed by atoms with Crippen molar-refractivity contribution in [3.8, 4) is 0 Å². The Bertz CT molecular complexity index is 540. The molecule has 0 heterocycles. The van der Waals surface area contributed by atoms with Gasteiger partial charge in [0.2, 0.25) is 0 Å². The molecule has 0 spiro atoms. The van der Waals surface area contributed by atoms with Gasteiger partial charge in [0.05, 0.1) is 19.3 Å². The van der Waals surface area contributed by atoms with Crippen molar-refractivity contribution in [3.05, 3.63) is 35.9 Å². The van der Waals surface area contributed by atoms with E-state index in [-0.39, 0.29) is 19.8 Å². The van der Waals surface area contributed by atoms with Crippen LogP contribution in [0.4, 0.5) is 0 Å². The zero-order chi connectivity index (χ0) is 18.9. The summed E-state index contributed by atoms with van der Waals surface area (Å²) in [6, 6.07) is 9.47. The number of carbonyl (C=O) groups is 2. The summed E-state index contributed by atoms with van der Waals surface area (Å²) in [5.41, 5.74) is 6.03. The van der Waals surface area contributed by atoms with Crippen LogP contribution >= 0.6 is 0 Å². The van der Waals surface area contributed by atoms with Gasteiger partial charge in [0.1, 0.15) is 18.1 Å². The lowest BCUT2D eigenvalue weighted by atomic mass is 10.0. The number of esters is 1. The average molecular weight is 353 g/mol. The van der Waals surface area contributed by atoms with Crippen LogP contribution in [0.15, 0.2) is 30.3 Å². The van der Waals surface area contributed by atoms with Crippen LogP contribution in [0.5, 0.6) is 0 Å². The lowest BCUT2D eigenvalue weighted by Gasteiger charge is -2.28. The van der Waals surface area contributed by atoms with Crippen molar-refractivity contribution in [2.45, 2.75) is 39.1 Å². The minimum Gasteiger partial charge on any atom is -0.480 e. The maximum absolute atomic E-state index is 12.5. The molecule has 25 heavy (non-hydrogen) atoms. The Kier molecular flexibility index (Phi) is 8.54. The normalized spacial score (nSPS) is 13.9. The van der Waals surface area contributed by atoms with Crippen molar-refractivity contribution in [3.63, 3.8) is 0 Å². The van der Waals surface area contributed by atoms with E-state index in [9.17, 15) is 9.59 Å². The van der Waals surface area contributed by atoms with Gasteiger partial charge in [-0.1, -0.05) is 30.3 Å². The standard InChI is InChI=1S/C18H27NO6/c1-18(2,3)25-17(22)14(11-23-12-16(20)21)15(9-19)24-10-13-7-5-4-6-8-13/h4-8,14-15H,9-12,19H2,1-3H3,(H,20,21)/t14-,15+/m1/s1. The lowest BCUT2D eigenvalue weighted by Crippen LogP contribution is -2.42. The summed E-state index contributed by atoms with van der Waals surface area (Å²) in [5.74, 6) is -2.45. The molecule has 7 heteroatoms. The molecule has 2 atom stereocenters. The third-order valence-electron chi connectivity index (χ3n) is 3.22. The molecule has 0 aromatic heterocycles. The molecule has 0 aliphatic rings. The highest BCUT2D eigenvalue weighted by Crippen LogP contribution is 2.17. The fraction of sp³-hybridized carbons (Fsp3) is 0.556. The van der Waals surface area contributed by atoms with Gasteiger partial charge < -0.3 is 25.1 Å². The summed E-state index contributed by atoms with van der Waals surface area (Å²) in [5, 5.41) is 8.70. The SMILES string of the molecule is CC(C)(C)OC(=O)[C@H](COCC(=O)O)[C@H](CN)OCc1ccccc1. The molecule has 0 aliphatic heterocycles. The third-order valence-corrected chi connectivity index (χ3v) is 3.22. The van der Waals surface area contributed by atoms with Crippen molar-refractivity contribution in [2.75, 3.05) is 19.8 Å². The fourth-order valence-corrected chi connectivity index (χ4v) is 2.10. The monoisotopic (exact) mass is 353 g/mol. The van der Waals surface area contributed by atoms with Crippen LogP contribution in [0.3, 0.4) is 0 Å². The van der Waals surface area contributed by atoms with Gasteiger partial charge in [-0.25, -0.2) is 4.79 Å². The molecule has 0 amide bonds. The molecule has 0 radical (unpaired) electrons. The predicted octanol–water partition coefficient (Wildman–Crippen LogP) is 1.59. The quantitative estimate of drug-likeness (QED) is 0.615. The molecule has 0 aliphatic carbocycles. The minimum absolute atomic E-state index is 0.0766. The van der Waals surface area contributed by atoms with Crippen molar-refractivity contribution in [1.82, 2.24) is 0 Å². The van der Waals surface area contributed by atoms with Gasteiger partial charge in [-0.2, -0.15) is 0 Å². The second-order valence-electron chi connectivity index (χ2n) is 6.62. The molecule has 1 aromatic carbocycles. The van der Waals surface area contributed by atoms with Gasteiger partial charge in [-0.15, -0.1) is 0 Å². The number of ether oxygens (including phenoxy) is 3. The van der Waals surface area contributed by atoms with Crippen LogP contribution in [-0.2, 0) is 30.4 Å². The van der Waals surface area contributed by atoms with Gasteiger partial charge in [0, 0.05) is 6.54 Å². The van der Waals surface area contributed by atoms with Gasteiger partial charge in [0.25, 0.3) is 0 Å². The summed E-state index contributed by atoms with van der Waals surface area (Å²) in [7, 11) is 0.